The van der Waals surface area contributed by atoms with Gasteiger partial charge in [0.1, 0.15) is 6.07 Å². The number of nitrogens with zero attached hydrogens (tertiary/aromatic N) is 5. The molecule has 2 heterocycles. The summed E-state index contributed by atoms with van der Waals surface area (Å²) in [7, 11) is 0. The fourth-order valence-corrected chi connectivity index (χ4v) is 7.50. The minimum Gasteiger partial charge on any atom is -0.309 e. The highest BCUT2D eigenvalue weighted by Gasteiger charge is 2.20. The van der Waals surface area contributed by atoms with Crippen LogP contribution in [0.1, 0.15) is 16.7 Å². The van der Waals surface area contributed by atoms with Crippen LogP contribution in [0.2, 0.25) is 0 Å². The van der Waals surface area contributed by atoms with Gasteiger partial charge in [-0.2, -0.15) is 15.8 Å². The molecule has 0 saturated heterocycles. The second-order valence-corrected chi connectivity index (χ2v) is 12.3. The van der Waals surface area contributed by atoms with Gasteiger partial charge in [0, 0.05) is 38.2 Å². The van der Waals surface area contributed by atoms with Crippen LogP contribution in [0, 0.1) is 34.0 Å². The lowest BCUT2D eigenvalue weighted by Crippen LogP contribution is -2.00. The average Bonchev–Trinajstić information content (AvgIpc) is 3.69. The van der Waals surface area contributed by atoms with Crippen LogP contribution in [0.15, 0.2) is 152 Å². The van der Waals surface area contributed by atoms with Crippen LogP contribution in [0.25, 0.3) is 77.2 Å². The van der Waals surface area contributed by atoms with E-state index in [0.717, 1.165) is 77.2 Å². The molecule has 0 amide bonds. The molecule has 0 radical (unpaired) electrons. The first-order valence-corrected chi connectivity index (χ1v) is 16.3. The first-order valence-electron chi connectivity index (χ1n) is 16.3. The number of rotatable bonds is 4. The van der Waals surface area contributed by atoms with E-state index in [1.165, 1.54) is 0 Å². The van der Waals surface area contributed by atoms with E-state index in [1.54, 1.807) is 0 Å². The van der Waals surface area contributed by atoms with E-state index in [9.17, 15) is 15.8 Å². The summed E-state index contributed by atoms with van der Waals surface area (Å²) in [5, 5.41) is 35.1. The smallest absolute Gasteiger partial charge is 0.102 e. The Bertz CT molecular complexity index is 2920. The van der Waals surface area contributed by atoms with Crippen molar-refractivity contribution >= 4 is 43.6 Å². The molecule has 0 N–H and O–H groups in total. The first-order chi connectivity index (χ1) is 24.7. The third-order valence-electron chi connectivity index (χ3n) is 9.66. The molecule has 0 fully saturated rings. The molecule has 7 aromatic carbocycles. The largest absolute Gasteiger partial charge is 0.309 e. The molecular formula is C45H25N5. The number of nitriles is 3. The van der Waals surface area contributed by atoms with Gasteiger partial charge in [-0.05, 0) is 66.2 Å². The summed E-state index contributed by atoms with van der Waals surface area (Å²) in [6.07, 6.45) is 0. The predicted molar refractivity (Wildman–Crippen MR) is 200 cm³/mol. The lowest BCUT2D eigenvalue weighted by atomic mass is 9.92. The van der Waals surface area contributed by atoms with Crippen molar-refractivity contribution < 1.29 is 0 Å². The Hall–Kier alpha value is -7.39. The summed E-state index contributed by atoms with van der Waals surface area (Å²) in [4.78, 5) is 0. The highest BCUT2D eigenvalue weighted by molar-refractivity contribution is 6.11. The summed E-state index contributed by atoms with van der Waals surface area (Å²) >= 11 is 0. The third-order valence-corrected chi connectivity index (χ3v) is 9.66. The highest BCUT2D eigenvalue weighted by atomic mass is 15.0. The molecule has 5 heteroatoms. The molecular weight excluding hydrogens is 611 g/mol. The number of benzene rings is 7. The van der Waals surface area contributed by atoms with Gasteiger partial charge < -0.3 is 9.13 Å². The van der Waals surface area contributed by atoms with Gasteiger partial charge in [-0.15, -0.1) is 0 Å². The average molecular weight is 636 g/mol. The van der Waals surface area contributed by atoms with E-state index in [4.69, 9.17) is 0 Å². The Kier molecular flexibility index (Phi) is 6.56. The van der Waals surface area contributed by atoms with Gasteiger partial charge in [-0.3, -0.25) is 0 Å². The van der Waals surface area contributed by atoms with Gasteiger partial charge in [0.2, 0.25) is 0 Å². The van der Waals surface area contributed by atoms with Crippen LogP contribution >= 0.6 is 0 Å². The minimum atomic E-state index is 0.519. The molecule has 0 saturated carbocycles. The third kappa shape index (κ3) is 4.24. The van der Waals surface area contributed by atoms with Crippen LogP contribution in [0.4, 0.5) is 0 Å². The summed E-state index contributed by atoms with van der Waals surface area (Å²) in [6.45, 7) is 0. The SMILES string of the molecule is N#Cc1ccc2c(c1)c1ccccc1n2-c1cccc(-c2ccc(C#N)c(-c3ccccc3-n3c4ccccc4c4ccccc43)c2)c1C#N. The second-order valence-electron chi connectivity index (χ2n) is 12.3. The molecule has 0 spiro atoms. The molecule has 0 bridgehead atoms. The summed E-state index contributed by atoms with van der Waals surface area (Å²) < 4.78 is 4.38. The normalized spacial score (nSPS) is 11.1. The van der Waals surface area contributed by atoms with Crippen LogP contribution in [0.3, 0.4) is 0 Å². The van der Waals surface area contributed by atoms with Gasteiger partial charge in [-0.1, -0.05) is 91.0 Å². The van der Waals surface area contributed by atoms with E-state index in [0.29, 0.717) is 16.7 Å². The van der Waals surface area contributed by atoms with E-state index < -0.39 is 0 Å². The van der Waals surface area contributed by atoms with Gasteiger partial charge in [0.25, 0.3) is 0 Å². The standard InChI is InChI=1S/C45H25N5/c46-26-29-20-23-45-38(24-29)36-13-4-8-18-43(36)50(45)44-19-9-14-32(39(44)28-48)30-21-22-31(27-47)37(25-30)35-12-3-7-17-42(35)49-40-15-5-1-10-33(40)34-11-2-6-16-41(34)49/h1-25H. The zero-order valence-electron chi connectivity index (χ0n) is 26.7. The fourth-order valence-electron chi connectivity index (χ4n) is 7.50. The number of fused-ring (bicyclic) bond motifs is 6. The van der Waals surface area contributed by atoms with Crippen molar-refractivity contribution in [2.24, 2.45) is 0 Å². The lowest BCUT2D eigenvalue weighted by molar-refractivity contribution is 1.17. The van der Waals surface area contributed by atoms with E-state index in [-0.39, 0.29) is 0 Å². The van der Waals surface area contributed by atoms with Crippen LogP contribution in [-0.4, -0.2) is 9.13 Å². The molecule has 9 rings (SSSR count). The number of aromatic nitrogens is 2. The number of para-hydroxylation sites is 4. The van der Waals surface area contributed by atoms with E-state index in [2.05, 4.69) is 88.0 Å². The maximum atomic E-state index is 10.8. The number of hydrogen-bond acceptors (Lipinski definition) is 3. The summed E-state index contributed by atoms with van der Waals surface area (Å²) in [5.41, 5.74) is 10.7. The van der Waals surface area contributed by atoms with Gasteiger partial charge in [0.05, 0.1) is 62.3 Å². The Labute approximate surface area is 287 Å². The maximum absolute atomic E-state index is 10.8. The molecule has 2 aromatic heterocycles. The maximum Gasteiger partial charge on any atom is 0.102 e. The van der Waals surface area contributed by atoms with Crippen molar-refractivity contribution in [3.05, 3.63) is 168 Å². The molecule has 0 unspecified atom stereocenters. The molecule has 0 aliphatic carbocycles. The van der Waals surface area contributed by atoms with Crippen molar-refractivity contribution in [2.45, 2.75) is 0 Å². The van der Waals surface area contributed by atoms with Gasteiger partial charge >= 0.3 is 0 Å². The van der Waals surface area contributed by atoms with E-state index in [1.807, 2.05) is 91.0 Å². The van der Waals surface area contributed by atoms with E-state index >= 15 is 0 Å². The van der Waals surface area contributed by atoms with Gasteiger partial charge in [-0.25, -0.2) is 0 Å². The Morgan fingerprint density at radius 1 is 0.380 bits per heavy atom. The van der Waals surface area contributed by atoms with Crippen LogP contribution in [0.5, 0.6) is 0 Å². The summed E-state index contributed by atoms with van der Waals surface area (Å²) in [5.74, 6) is 0. The molecule has 5 nitrogen and oxygen atoms in total. The Morgan fingerprint density at radius 3 is 1.60 bits per heavy atom. The van der Waals surface area contributed by atoms with Crippen LogP contribution < -0.4 is 0 Å². The molecule has 0 atom stereocenters. The Balaban J connectivity index is 1.27. The molecule has 9 aromatic rings. The van der Waals surface area contributed by atoms with Crippen molar-refractivity contribution in [3.8, 4) is 51.8 Å². The molecule has 50 heavy (non-hydrogen) atoms. The van der Waals surface area contributed by atoms with Crippen molar-refractivity contribution in [1.29, 1.82) is 15.8 Å². The number of hydrogen-bond donors (Lipinski definition) is 0. The van der Waals surface area contributed by atoms with Crippen molar-refractivity contribution in [3.63, 3.8) is 0 Å². The predicted octanol–water partition coefficient (Wildman–Crippen LogP) is 10.8. The zero-order valence-corrected chi connectivity index (χ0v) is 26.7. The second kappa shape index (κ2) is 11.4. The molecule has 0 aliphatic heterocycles. The quantitative estimate of drug-likeness (QED) is 0.193. The lowest BCUT2D eigenvalue weighted by Gasteiger charge is -2.17. The summed E-state index contributed by atoms with van der Waals surface area (Å²) in [6, 6.07) is 57.7. The fraction of sp³-hybridized carbons (Fsp3) is 0. The topological polar surface area (TPSA) is 81.2 Å². The highest BCUT2D eigenvalue weighted by Crippen LogP contribution is 2.40. The minimum absolute atomic E-state index is 0.519. The van der Waals surface area contributed by atoms with Crippen molar-refractivity contribution in [2.75, 3.05) is 0 Å². The van der Waals surface area contributed by atoms with Crippen LogP contribution in [-0.2, 0) is 0 Å². The first kappa shape index (κ1) is 28.8. The van der Waals surface area contributed by atoms with Gasteiger partial charge in [0.15, 0.2) is 0 Å². The zero-order chi connectivity index (χ0) is 33.8. The molecule has 0 aliphatic rings. The Morgan fingerprint density at radius 2 is 0.940 bits per heavy atom. The monoisotopic (exact) mass is 635 g/mol. The van der Waals surface area contributed by atoms with Crippen molar-refractivity contribution in [1.82, 2.24) is 9.13 Å². The molecule has 230 valence electrons.